The van der Waals surface area contributed by atoms with Crippen molar-refractivity contribution in [3.8, 4) is 11.5 Å². The molecule has 0 aliphatic carbocycles. The van der Waals surface area contributed by atoms with E-state index in [2.05, 4.69) is 35.6 Å². The monoisotopic (exact) mass is 638 g/mol. The van der Waals surface area contributed by atoms with Gasteiger partial charge in [0.1, 0.15) is 11.5 Å². The third-order valence-electron chi connectivity index (χ3n) is 8.49. The summed E-state index contributed by atoms with van der Waals surface area (Å²) in [6, 6.07) is 9.99. The summed E-state index contributed by atoms with van der Waals surface area (Å²) in [5.74, 6) is -2.59. The van der Waals surface area contributed by atoms with Gasteiger partial charge < -0.3 is 10.2 Å². The van der Waals surface area contributed by atoms with Crippen LogP contribution in [0, 0.1) is 11.8 Å². The van der Waals surface area contributed by atoms with Crippen LogP contribution in [-0.4, -0.2) is 33.8 Å². The quantitative estimate of drug-likeness (QED) is 0.0773. The van der Waals surface area contributed by atoms with E-state index in [0.29, 0.717) is 51.4 Å². The molecule has 4 amide bonds. The van der Waals surface area contributed by atoms with Gasteiger partial charge in [-0.2, -0.15) is 0 Å². The smallest absolute Gasteiger partial charge is 0.273 e. The van der Waals surface area contributed by atoms with Gasteiger partial charge in [0.15, 0.2) is 0 Å². The standard InChI is InChI=1S/C36H54N4O6/c1-5-9-11-19-27-21-15-23-29(41)31(27)35(45)39-37-33(43)25(7-3)17-13-14-18-26(8-4)34(44)38-40-36(46)32-28(20-12-10-6-2)22-16-24-30(32)42/h15-16,21-26,41-42H,5-14,17-20H2,1-4H3,(H,37,43)(H,38,44)(H,39,45)(H,40,46). The van der Waals surface area contributed by atoms with Gasteiger partial charge in [0.2, 0.25) is 11.8 Å². The van der Waals surface area contributed by atoms with Crippen LogP contribution in [0.1, 0.15) is 137 Å². The molecule has 0 bridgehead atoms. The van der Waals surface area contributed by atoms with Gasteiger partial charge in [-0.05, 0) is 74.6 Å². The lowest BCUT2D eigenvalue weighted by atomic mass is 9.94. The number of unbranched alkanes of at least 4 members (excludes halogenated alkanes) is 5. The molecule has 2 aromatic rings. The molecule has 10 heteroatoms. The first-order valence-corrected chi connectivity index (χ1v) is 17.0. The summed E-state index contributed by atoms with van der Waals surface area (Å²) in [4.78, 5) is 51.5. The van der Waals surface area contributed by atoms with Crippen LogP contribution in [0.15, 0.2) is 36.4 Å². The zero-order chi connectivity index (χ0) is 33.9. The van der Waals surface area contributed by atoms with Crippen LogP contribution in [0.3, 0.4) is 0 Å². The van der Waals surface area contributed by atoms with Crippen LogP contribution in [0.25, 0.3) is 0 Å². The van der Waals surface area contributed by atoms with Gasteiger partial charge in [-0.25, -0.2) is 0 Å². The number of hydrogen-bond acceptors (Lipinski definition) is 6. The van der Waals surface area contributed by atoms with Gasteiger partial charge in [0.05, 0.1) is 11.1 Å². The van der Waals surface area contributed by atoms with Gasteiger partial charge in [0, 0.05) is 11.8 Å². The van der Waals surface area contributed by atoms with Crippen LogP contribution in [0.2, 0.25) is 0 Å². The fraction of sp³-hybridized carbons (Fsp3) is 0.556. The third kappa shape index (κ3) is 12.0. The zero-order valence-corrected chi connectivity index (χ0v) is 28.0. The Hall–Kier alpha value is -4.08. The van der Waals surface area contributed by atoms with E-state index < -0.39 is 11.8 Å². The molecule has 0 saturated heterocycles. The van der Waals surface area contributed by atoms with Crippen LogP contribution >= 0.6 is 0 Å². The maximum absolute atomic E-state index is 12.9. The maximum atomic E-state index is 12.9. The lowest BCUT2D eigenvalue weighted by Crippen LogP contribution is -2.45. The Bertz CT molecular complexity index is 1180. The summed E-state index contributed by atoms with van der Waals surface area (Å²) < 4.78 is 0. The zero-order valence-electron chi connectivity index (χ0n) is 28.0. The van der Waals surface area contributed by atoms with E-state index in [1.807, 2.05) is 26.0 Å². The molecule has 0 heterocycles. The fourth-order valence-corrected chi connectivity index (χ4v) is 5.63. The maximum Gasteiger partial charge on any atom is 0.273 e. The van der Waals surface area contributed by atoms with Gasteiger partial charge >= 0.3 is 0 Å². The molecule has 0 aliphatic rings. The minimum Gasteiger partial charge on any atom is -0.507 e. The summed E-state index contributed by atoms with van der Waals surface area (Å²) in [6.07, 6.45) is 11.0. The highest BCUT2D eigenvalue weighted by Gasteiger charge is 2.22. The Balaban J connectivity index is 1.82. The molecule has 0 saturated carbocycles. The Morgan fingerprint density at radius 3 is 1.30 bits per heavy atom. The van der Waals surface area contributed by atoms with E-state index in [0.717, 1.165) is 49.7 Å². The second-order valence-corrected chi connectivity index (χ2v) is 11.9. The number of hydrogen-bond donors (Lipinski definition) is 6. The second-order valence-electron chi connectivity index (χ2n) is 11.9. The van der Waals surface area contributed by atoms with E-state index in [1.165, 1.54) is 12.1 Å². The number of nitrogens with one attached hydrogen (secondary N) is 4. The van der Waals surface area contributed by atoms with E-state index in [9.17, 15) is 29.4 Å². The van der Waals surface area contributed by atoms with Crippen molar-refractivity contribution in [3.05, 3.63) is 58.7 Å². The largest absolute Gasteiger partial charge is 0.507 e. The number of carbonyl (C=O) groups is 4. The van der Waals surface area contributed by atoms with Crippen molar-refractivity contribution in [2.45, 2.75) is 118 Å². The van der Waals surface area contributed by atoms with Crippen LogP contribution in [0.5, 0.6) is 11.5 Å². The van der Waals surface area contributed by atoms with Gasteiger partial charge in [-0.15, -0.1) is 0 Å². The average Bonchev–Trinajstić information content (AvgIpc) is 3.04. The van der Waals surface area contributed by atoms with E-state index in [-0.39, 0.29) is 46.3 Å². The lowest BCUT2D eigenvalue weighted by Gasteiger charge is -2.18. The first kappa shape index (κ1) is 38.1. The summed E-state index contributed by atoms with van der Waals surface area (Å²) in [7, 11) is 0. The first-order chi connectivity index (χ1) is 22.2. The third-order valence-corrected chi connectivity index (χ3v) is 8.49. The lowest BCUT2D eigenvalue weighted by molar-refractivity contribution is -0.127. The molecule has 2 atom stereocenters. The number of aryl methyl sites for hydroxylation is 2. The Morgan fingerprint density at radius 1 is 0.565 bits per heavy atom. The van der Waals surface area contributed by atoms with E-state index >= 15 is 0 Å². The summed E-state index contributed by atoms with van der Waals surface area (Å²) in [6.45, 7) is 8.01. The number of benzene rings is 2. The number of phenolic OH excluding ortho intramolecular Hbond substituents is 2. The molecular formula is C36H54N4O6. The van der Waals surface area contributed by atoms with Gasteiger partial charge in [-0.3, -0.25) is 40.9 Å². The minimum atomic E-state index is -0.549. The van der Waals surface area contributed by atoms with Gasteiger partial charge in [0.25, 0.3) is 11.8 Å². The molecule has 2 rings (SSSR count). The topological polar surface area (TPSA) is 157 Å². The van der Waals surface area contributed by atoms with Crippen molar-refractivity contribution in [2.24, 2.45) is 11.8 Å². The summed E-state index contributed by atoms with van der Waals surface area (Å²) >= 11 is 0. The highest BCUT2D eigenvalue weighted by molar-refractivity contribution is 6.00. The molecule has 0 spiro atoms. The number of aromatic hydroxyl groups is 2. The van der Waals surface area contributed by atoms with Crippen molar-refractivity contribution in [2.75, 3.05) is 0 Å². The first-order valence-electron chi connectivity index (χ1n) is 17.0. The van der Waals surface area contributed by atoms with Crippen LogP contribution in [-0.2, 0) is 22.4 Å². The highest BCUT2D eigenvalue weighted by atomic mass is 16.3. The van der Waals surface area contributed by atoms with Crippen molar-refractivity contribution in [1.82, 2.24) is 21.7 Å². The normalized spacial score (nSPS) is 12.2. The number of carbonyl (C=O) groups excluding carboxylic acids is 4. The number of amides is 4. The van der Waals surface area contributed by atoms with Gasteiger partial charge in [-0.1, -0.05) is 90.5 Å². The molecule has 0 aromatic heterocycles. The Labute approximate surface area is 274 Å². The average molecular weight is 639 g/mol. The molecule has 10 nitrogen and oxygen atoms in total. The van der Waals surface area contributed by atoms with Crippen molar-refractivity contribution < 1.29 is 29.4 Å². The molecule has 0 radical (unpaired) electrons. The fourth-order valence-electron chi connectivity index (χ4n) is 5.63. The Kier molecular flexibility index (Phi) is 17.3. The molecule has 2 unspecified atom stereocenters. The van der Waals surface area contributed by atoms with Crippen LogP contribution < -0.4 is 21.7 Å². The second kappa shape index (κ2) is 20.9. The molecular weight excluding hydrogens is 584 g/mol. The molecule has 0 aliphatic heterocycles. The number of phenols is 2. The van der Waals surface area contributed by atoms with Crippen molar-refractivity contribution in [1.29, 1.82) is 0 Å². The molecule has 254 valence electrons. The SMILES string of the molecule is CCCCCc1cccc(O)c1C(=O)NNC(=O)C(CC)CCCCC(CC)C(=O)NNC(=O)c1c(O)cccc1CCCCC. The molecule has 2 aromatic carbocycles. The predicted molar refractivity (Wildman–Crippen MR) is 180 cm³/mol. The van der Waals surface area contributed by atoms with Crippen molar-refractivity contribution in [3.63, 3.8) is 0 Å². The van der Waals surface area contributed by atoms with Crippen molar-refractivity contribution >= 4 is 23.6 Å². The molecule has 0 fully saturated rings. The van der Waals surface area contributed by atoms with E-state index in [4.69, 9.17) is 0 Å². The van der Waals surface area contributed by atoms with E-state index in [1.54, 1.807) is 12.1 Å². The predicted octanol–water partition coefficient (Wildman–Crippen LogP) is 6.40. The molecule has 6 N–H and O–H groups in total. The molecule has 46 heavy (non-hydrogen) atoms. The highest BCUT2D eigenvalue weighted by Crippen LogP contribution is 2.24. The summed E-state index contributed by atoms with van der Waals surface area (Å²) in [5.41, 5.74) is 11.8. The number of hydrazine groups is 2. The Morgan fingerprint density at radius 2 is 0.957 bits per heavy atom. The number of rotatable bonds is 19. The summed E-state index contributed by atoms with van der Waals surface area (Å²) in [5, 5.41) is 20.6. The minimum absolute atomic E-state index is 0.118. The van der Waals surface area contributed by atoms with Crippen LogP contribution in [0.4, 0.5) is 0 Å².